The summed E-state index contributed by atoms with van der Waals surface area (Å²) in [6.45, 7) is 2.93. The summed E-state index contributed by atoms with van der Waals surface area (Å²) >= 11 is 0. The number of alkyl halides is 2. The molecule has 1 radical (unpaired) electrons. The molecule has 37 valence electrons. The van der Waals surface area contributed by atoms with Crippen molar-refractivity contribution in [1.29, 1.82) is 0 Å². The molecule has 0 saturated heterocycles. The second-order valence-electron chi connectivity index (χ2n) is 1.55. The quantitative estimate of drug-likeness (QED) is 0.461. The number of halogens is 2. The smallest absolute Gasteiger partial charge is 0.136 e. The number of hydrogen-bond donors (Lipinski definition) is 0. The summed E-state index contributed by atoms with van der Waals surface area (Å²) in [6, 6.07) is 0. The SMILES string of the molecule is [CH2]C(C)(F)CF. The first-order chi connectivity index (χ1) is 2.56. The van der Waals surface area contributed by atoms with Gasteiger partial charge in [-0.1, -0.05) is 0 Å². The Kier molecular flexibility index (Phi) is 1.50. The van der Waals surface area contributed by atoms with Crippen LogP contribution >= 0.6 is 0 Å². The van der Waals surface area contributed by atoms with Crippen LogP contribution in [0.25, 0.3) is 0 Å². The molecular weight excluding hydrogens is 86.0 g/mol. The summed E-state index contributed by atoms with van der Waals surface area (Å²) in [7, 11) is 0. The van der Waals surface area contributed by atoms with E-state index in [1.54, 1.807) is 0 Å². The van der Waals surface area contributed by atoms with Crippen LogP contribution in [-0.4, -0.2) is 12.3 Å². The Morgan fingerprint density at radius 2 is 2.00 bits per heavy atom. The van der Waals surface area contributed by atoms with Gasteiger partial charge in [-0.05, 0) is 13.8 Å². The molecular formula is C4H7F2. The first kappa shape index (κ1) is 5.86. The van der Waals surface area contributed by atoms with Crippen molar-refractivity contribution in [3.05, 3.63) is 6.92 Å². The van der Waals surface area contributed by atoms with Crippen molar-refractivity contribution in [3.8, 4) is 0 Å². The third-order valence-corrected chi connectivity index (χ3v) is 0.279. The maximum atomic E-state index is 11.6. The van der Waals surface area contributed by atoms with Crippen molar-refractivity contribution in [1.82, 2.24) is 0 Å². The molecule has 0 amide bonds. The van der Waals surface area contributed by atoms with Crippen LogP contribution in [0.1, 0.15) is 6.92 Å². The molecule has 0 N–H and O–H groups in total. The molecule has 0 saturated carbocycles. The number of rotatable bonds is 1. The fourth-order valence-corrected chi connectivity index (χ4v) is 0. The molecule has 0 aromatic carbocycles. The molecule has 0 nitrogen and oxygen atoms in total. The van der Waals surface area contributed by atoms with E-state index in [0.29, 0.717) is 0 Å². The van der Waals surface area contributed by atoms with Crippen LogP contribution in [0.15, 0.2) is 0 Å². The van der Waals surface area contributed by atoms with Crippen LogP contribution in [-0.2, 0) is 0 Å². The number of hydrogen-bond acceptors (Lipinski definition) is 0. The molecule has 1 atom stereocenters. The van der Waals surface area contributed by atoms with Crippen LogP contribution < -0.4 is 0 Å². The van der Waals surface area contributed by atoms with E-state index in [4.69, 9.17) is 0 Å². The van der Waals surface area contributed by atoms with E-state index in [2.05, 4.69) is 6.92 Å². The van der Waals surface area contributed by atoms with Crippen LogP contribution in [0.2, 0.25) is 0 Å². The summed E-state index contributed by atoms with van der Waals surface area (Å²) in [5.74, 6) is 0. The van der Waals surface area contributed by atoms with E-state index >= 15 is 0 Å². The Morgan fingerprint density at radius 3 is 2.00 bits per heavy atom. The lowest BCUT2D eigenvalue weighted by Gasteiger charge is -2.04. The summed E-state index contributed by atoms with van der Waals surface area (Å²) in [6.07, 6.45) is 0. The van der Waals surface area contributed by atoms with Crippen molar-refractivity contribution < 1.29 is 8.78 Å². The highest BCUT2D eigenvalue weighted by Crippen LogP contribution is 2.05. The Bertz CT molecular complexity index is 35.3. The van der Waals surface area contributed by atoms with Crippen molar-refractivity contribution >= 4 is 0 Å². The fourth-order valence-electron chi connectivity index (χ4n) is 0. The Balaban J connectivity index is 3.17. The van der Waals surface area contributed by atoms with E-state index in [1.807, 2.05) is 0 Å². The maximum absolute atomic E-state index is 11.6. The second kappa shape index (κ2) is 1.54. The maximum Gasteiger partial charge on any atom is 0.136 e. The lowest BCUT2D eigenvalue weighted by molar-refractivity contribution is 0.195. The minimum Gasteiger partial charge on any atom is -0.248 e. The van der Waals surface area contributed by atoms with Crippen molar-refractivity contribution in [2.24, 2.45) is 0 Å². The summed E-state index contributed by atoms with van der Waals surface area (Å²) < 4.78 is 22.7. The highest BCUT2D eigenvalue weighted by Gasteiger charge is 2.13. The minimum atomic E-state index is -1.88. The van der Waals surface area contributed by atoms with Crippen LogP contribution in [0.4, 0.5) is 8.78 Å². The standard InChI is InChI=1S/C4H7F2/c1-4(2,6)3-5/h1,3H2,2H3. The third kappa shape index (κ3) is 3.86. The second-order valence-corrected chi connectivity index (χ2v) is 1.55. The average Bonchev–Trinajstić information content (AvgIpc) is 1.35. The topological polar surface area (TPSA) is 0 Å². The van der Waals surface area contributed by atoms with Crippen LogP contribution in [0, 0.1) is 6.92 Å². The molecule has 0 spiro atoms. The molecule has 0 aromatic heterocycles. The predicted molar refractivity (Wildman–Crippen MR) is 20.8 cm³/mol. The molecule has 0 aliphatic rings. The van der Waals surface area contributed by atoms with Gasteiger partial charge in [0.25, 0.3) is 0 Å². The van der Waals surface area contributed by atoms with Gasteiger partial charge in [0.05, 0.1) is 0 Å². The zero-order valence-corrected chi connectivity index (χ0v) is 3.67. The highest BCUT2D eigenvalue weighted by atomic mass is 19.2. The first-order valence-corrected chi connectivity index (χ1v) is 1.66. The molecule has 0 aromatic rings. The molecule has 2 heteroatoms. The van der Waals surface area contributed by atoms with E-state index in [-0.39, 0.29) is 0 Å². The van der Waals surface area contributed by atoms with E-state index in [1.165, 1.54) is 0 Å². The van der Waals surface area contributed by atoms with Crippen LogP contribution in [0.5, 0.6) is 0 Å². The largest absolute Gasteiger partial charge is 0.248 e. The fraction of sp³-hybridized carbons (Fsp3) is 0.750. The summed E-state index contributed by atoms with van der Waals surface area (Å²) in [4.78, 5) is 0. The predicted octanol–water partition coefficient (Wildman–Crippen LogP) is 1.52. The van der Waals surface area contributed by atoms with Gasteiger partial charge in [-0.3, -0.25) is 0 Å². The lowest BCUT2D eigenvalue weighted by atomic mass is 10.2. The van der Waals surface area contributed by atoms with Gasteiger partial charge in [-0.2, -0.15) is 0 Å². The zero-order valence-electron chi connectivity index (χ0n) is 3.67. The van der Waals surface area contributed by atoms with Crippen molar-refractivity contribution in [2.75, 3.05) is 6.67 Å². The highest BCUT2D eigenvalue weighted by molar-refractivity contribution is 4.73. The molecule has 6 heavy (non-hydrogen) atoms. The molecule has 1 unspecified atom stereocenters. The average molecular weight is 93.1 g/mol. The summed E-state index contributed by atoms with van der Waals surface area (Å²) in [5.41, 5.74) is -1.88. The molecule has 0 fully saturated rings. The van der Waals surface area contributed by atoms with Gasteiger partial charge >= 0.3 is 0 Å². The van der Waals surface area contributed by atoms with Gasteiger partial charge < -0.3 is 0 Å². The van der Waals surface area contributed by atoms with Crippen molar-refractivity contribution in [3.63, 3.8) is 0 Å². The molecule has 0 aliphatic carbocycles. The van der Waals surface area contributed by atoms with E-state index < -0.39 is 12.3 Å². The lowest BCUT2D eigenvalue weighted by Crippen LogP contribution is -2.13. The Labute approximate surface area is 36.2 Å². The molecule has 0 heterocycles. The van der Waals surface area contributed by atoms with Gasteiger partial charge in [0, 0.05) is 0 Å². The normalized spacial score (nSPS) is 12.0. The van der Waals surface area contributed by atoms with Gasteiger partial charge in [-0.25, -0.2) is 8.78 Å². The van der Waals surface area contributed by atoms with Gasteiger partial charge in [0.15, 0.2) is 0 Å². The minimum absolute atomic E-state index is 1.01. The molecule has 0 aliphatic heterocycles. The zero-order chi connectivity index (χ0) is 5.21. The Morgan fingerprint density at radius 1 is 1.83 bits per heavy atom. The monoisotopic (exact) mass is 93.1 g/mol. The van der Waals surface area contributed by atoms with E-state index in [0.717, 1.165) is 6.92 Å². The molecule has 0 bridgehead atoms. The molecule has 0 rings (SSSR count). The van der Waals surface area contributed by atoms with Crippen LogP contribution in [0.3, 0.4) is 0 Å². The first-order valence-electron chi connectivity index (χ1n) is 1.66. The van der Waals surface area contributed by atoms with Gasteiger partial charge in [-0.15, -0.1) is 0 Å². The Hall–Kier alpha value is -0.140. The van der Waals surface area contributed by atoms with Gasteiger partial charge in [0.2, 0.25) is 0 Å². The van der Waals surface area contributed by atoms with Gasteiger partial charge in [0.1, 0.15) is 12.3 Å². The summed E-state index contributed by atoms with van der Waals surface area (Å²) in [5, 5.41) is 0. The third-order valence-electron chi connectivity index (χ3n) is 0.279. The van der Waals surface area contributed by atoms with E-state index in [9.17, 15) is 8.78 Å². The van der Waals surface area contributed by atoms with Crippen molar-refractivity contribution in [2.45, 2.75) is 12.6 Å².